The Kier molecular flexibility index (Phi) is 6.20. The Morgan fingerprint density at radius 1 is 0.842 bits per heavy atom. The molecule has 2 amide bonds. The molecule has 7 heteroatoms. The Morgan fingerprint density at radius 3 is 2.21 bits per heavy atom. The summed E-state index contributed by atoms with van der Waals surface area (Å²) in [6.45, 7) is 2.16. The minimum Gasteiger partial charge on any atom is -0.478 e. The smallest absolute Gasteiger partial charge is 0.336 e. The van der Waals surface area contributed by atoms with Crippen molar-refractivity contribution in [2.45, 2.75) is 24.8 Å². The molecule has 0 saturated heterocycles. The predicted octanol–water partition coefficient (Wildman–Crippen LogP) is 5.11. The first kappa shape index (κ1) is 24.8. The molecule has 2 unspecified atom stereocenters. The molecular weight excluding hydrogens is 478 g/mol. The maximum atomic E-state index is 12.0. The van der Waals surface area contributed by atoms with E-state index in [-0.39, 0.29) is 17.2 Å². The van der Waals surface area contributed by atoms with Crippen molar-refractivity contribution in [1.82, 2.24) is 0 Å². The van der Waals surface area contributed by atoms with Crippen LogP contribution in [0.2, 0.25) is 0 Å². The number of carbonyl (C=O) groups is 3. The van der Waals surface area contributed by atoms with E-state index < -0.39 is 23.2 Å². The second-order valence-corrected chi connectivity index (χ2v) is 9.78. The van der Waals surface area contributed by atoms with Crippen molar-refractivity contribution in [1.29, 1.82) is 0 Å². The van der Waals surface area contributed by atoms with Gasteiger partial charge in [0.1, 0.15) is 0 Å². The van der Waals surface area contributed by atoms with Gasteiger partial charge >= 0.3 is 5.97 Å². The van der Waals surface area contributed by atoms with Crippen molar-refractivity contribution in [3.8, 4) is 11.1 Å². The number of aromatic carboxylic acids is 1. The van der Waals surface area contributed by atoms with Crippen LogP contribution in [-0.4, -0.2) is 22.9 Å². The summed E-state index contributed by atoms with van der Waals surface area (Å²) in [5.41, 5.74) is 16.3. The Labute approximate surface area is 220 Å². The van der Waals surface area contributed by atoms with Crippen molar-refractivity contribution >= 4 is 23.5 Å². The van der Waals surface area contributed by atoms with Crippen LogP contribution in [0.5, 0.6) is 0 Å². The van der Waals surface area contributed by atoms with Crippen molar-refractivity contribution < 1.29 is 19.5 Å². The summed E-state index contributed by atoms with van der Waals surface area (Å²) in [6.07, 6.45) is 0.683. The largest absolute Gasteiger partial charge is 0.478 e. The second-order valence-electron chi connectivity index (χ2n) is 9.78. The Balaban J connectivity index is 1.60. The van der Waals surface area contributed by atoms with Crippen LogP contribution in [0, 0.1) is 0 Å². The molecule has 4 aromatic carbocycles. The highest BCUT2D eigenvalue weighted by Gasteiger charge is 2.39. The minimum absolute atomic E-state index is 0.00787. The zero-order valence-electron chi connectivity index (χ0n) is 20.8. The van der Waals surface area contributed by atoms with Gasteiger partial charge in [-0.15, -0.1) is 0 Å². The molecule has 2 atom stereocenters. The van der Waals surface area contributed by atoms with E-state index in [2.05, 4.69) is 24.4 Å². The summed E-state index contributed by atoms with van der Waals surface area (Å²) in [6, 6.07) is 27.7. The third kappa shape index (κ3) is 4.39. The molecule has 190 valence electrons. The number of carboxylic acid groups (broad SMARTS) is 1. The van der Waals surface area contributed by atoms with Gasteiger partial charge in [-0.25, -0.2) is 4.79 Å². The van der Waals surface area contributed by atoms with Gasteiger partial charge in [0.25, 0.3) is 0 Å². The number of hydrogen-bond donors (Lipinski definition) is 4. The summed E-state index contributed by atoms with van der Waals surface area (Å²) in [4.78, 5) is 35.6. The van der Waals surface area contributed by atoms with Crippen LogP contribution in [0.15, 0.2) is 91.0 Å². The number of carboxylic acids is 1. The molecule has 1 heterocycles. The van der Waals surface area contributed by atoms with Gasteiger partial charge in [0.2, 0.25) is 11.8 Å². The zero-order chi connectivity index (χ0) is 27.0. The Bertz CT molecular complexity index is 1580. The number of hydrogen-bond acceptors (Lipinski definition) is 4. The van der Waals surface area contributed by atoms with E-state index >= 15 is 0 Å². The molecule has 0 radical (unpaired) electrons. The van der Waals surface area contributed by atoms with E-state index in [4.69, 9.17) is 11.5 Å². The summed E-state index contributed by atoms with van der Waals surface area (Å²) in [5, 5.41) is 13.4. The van der Waals surface area contributed by atoms with Gasteiger partial charge in [0, 0.05) is 22.2 Å². The third-order valence-corrected chi connectivity index (χ3v) is 7.39. The molecule has 0 saturated carbocycles. The molecule has 0 fully saturated rings. The molecule has 4 aromatic rings. The van der Waals surface area contributed by atoms with E-state index in [0.29, 0.717) is 23.1 Å². The minimum atomic E-state index is -1.14. The van der Waals surface area contributed by atoms with Gasteiger partial charge in [0.15, 0.2) is 0 Å². The van der Waals surface area contributed by atoms with E-state index in [1.165, 1.54) is 12.1 Å². The zero-order valence-corrected chi connectivity index (χ0v) is 20.8. The van der Waals surface area contributed by atoms with Crippen molar-refractivity contribution in [2.75, 3.05) is 5.32 Å². The lowest BCUT2D eigenvalue weighted by molar-refractivity contribution is 0.0697. The topological polar surface area (TPSA) is 136 Å². The first-order chi connectivity index (χ1) is 18.2. The summed E-state index contributed by atoms with van der Waals surface area (Å²) < 4.78 is 0. The van der Waals surface area contributed by atoms with Gasteiger partial charge in [-0.05, 0) is 70.6 Å². The Hall–Kier alpha value is -4.91. The van der Waals surface area contributed by atoms with E-state index in [1.807, 2.05) is 54.6 Å². The van der Waals surface area contributed by atoms with Crippen LogP contribution in [0.4, 0.5) is 5.69 Å². The lowest BCUT2D eigenvalue weighted by atomic mass is 9.68. The number of carbonyl (C=O) groups excluding carboxylic acids is 2. The highest BCUT2D eigenvalue weighted by atomic mass is 16.4. The van der Waals surface area contributed by atoms with Crippen LogP contribution < -0.4 is 16.8 Å². The first-order valence-corrected chi connectivity index (χ1v) is 12.2. The molecule has 38 heavy (non-hydrogen) atoms. The second kappa shape index (κ2) is 9.52. The maximum Gasteiger partial charge on any atom is 0.336 e. The molecule has 0 bridgehead atoms. The van der Waals surface area contributed by atoms with Gasteiger partial charge in [-0.2, -0.15) is 0 Å². The average molecular weight is 506 g/mol. The van der Waals surface area contributed by atoms with Crippen LogP contribution in [0.25, 0.3) is 11.1 Å². The highest BCUT2D eigenvalue weighted by molar-refractivity contribution is 6.01. The normalized spacial score (nSPS) is 18.2. The quantitative estimate of drug-likeness (QED) is 0.289. The van der Waals surface area contributed by atoms with Crippen LogP contribution in [0.1, 0.15) is 67.2 Å². The number of anilines is 1. The van der Waals surface area contributed by atoms with Gasteiger partial charge in [-0.3, -0.25) is 9.59 Å². The molecule has 0 aliphatic carbocycles. The van der Waals surface area contributed by atoms with Crippen molar-refractivity contribution in [3.05, 3.63) is 124 Å². The number of amides is 2. The van der Waals surface area contributed by atoms with Gasteiger partial charge in [-0.1, -0.05) is 61.5 Å². The highest BCUT2D eigenvalue weighted by Crippen LogP contribution is 2.48. The number of rotatable bonds is 6. The number of benzene rings is 4. The van der Waals surface area contributed by atoms with Crippen molar-refractivity contribution in [3.63, 3.8) is 0 Å². The monoisotopic (exact) mass is 505 g/mol. The van der Waals surface area contributed by atoms with Crippen LogP contribution in [0.3, 0.4) is 0 Å². The standard InChI is InChI=1S/C31H27N3O4/c1-31(22-8-3-2-4-9-22)17-27(34-26-13-11-21(29(33)36)16-25(26)31)19-7-5-6-18(14-19)23-12-10-20(28(32)35)15-24(23)30(37)38/h2-16,27,34H,17H2,1H3,(H2,32,35)(H2,33,36)(H,37,38). The molecule has 1 aliphatic rings. The van der Waals surface area contributed by atoms with E-state index in [9.17, 15) is 19.5 Å². The number of nitrogens with one attached hydrogen (secondary N) is 1. The maximum absolute atomic E-state index is 12.0. The number of nitrogens with two attached hydrogens (primary N) is 2. The fourth-order valence-electron chi connectivity index (χ4n) is 5.37. The lowest BCUT2D eigenvalue weighted by Gasteiger charge is -2.42. The van der Waals surface area contributed by atoms with Crippen LogP contribution in [-0.2, 0) is 5.41 Å². The SMILES string of the molecule is CC1(c2ccccc2)CC(c2cccc(-c3ccc(C(N)=O)cc3C(=O)O)c2)Nc2ccc(C(N)=O)cc21. The predicted molar refractivity (Wildman–Crippen MR) is 146 cm³/mol. The molecular formula is C31H27N3O4. The molecule has 7 nitrogen and oxygen atoms in total. The summed E-state index contributed by atoms with van der Waals surface area (Å²) >= 11 is 0. The fraction of sp³-hybridized carbons (Fsp3) is 0.129. The number of fused-ring (bicyclic) bond motifs is 1. The Morgan fingerprint density at radius 2 is 1.53 bits per heavy atom. The third-order valence-electron chi connectivity index (χ3n) is 7.39. The van der Waals surface area contributed by atoms with Gasteiger partial charge < -0.3 is 21.9 Å². The summed E-state index contributed by atoms with van der Waals surface area (Å²) in [7, 11) is 0. The molecule has 0 aromatic heterocycles. The lowest BCUT2D eigenvalue weighted by Crippen LogP contribution is -2.35. The summed E-state index contributed by atoms with van der Waals surface area (Å²) in [5.74, 6) is -2.30. The van der Waals surface area contributed by atoms with Crippen molar-refractivity contribution in [2.24, 2.45) is 11.5 Å². The molecule has 6 N–H and O–H groups in total. The molecule has 1 aliphatic heterocycles. The van der Waals surface area contributed by atoms with E-state index in [1.54, 1.807) is 12.1 Å². The van der Waals surface area contributed by atoms with E-state index in [0.717, 1.165) is 22.4 Å². The van der Waals surface area contributed by atoms with Gasteiger partial charge in [0.05, 0.1) is 11.6 Å². The van der Waals surface area contributed by atoms with Crippen LogP contribution >= 0.6 is 0 Å². The average Bonchev–Trinajstić information content (AvgIpc) is 2.93. The fourth-order valence-corrected chi connectivity index (χ4v) is 5.37. The first-order valence-electron chi connectivity index (χ1n) is 12.2. The number of primary amides is 2. The molecule has 5 rings (SSSR count). The molecule has 0 spiro atoms.